The van der Waals surface area contributed by atoms with Gasteiger partial charge < -0.3 is 14.3 Å². The Bertz CT molecular complexity index is 524. The van der Waals surface area contributed by atoms with Gasteiger partial charge in [0.25, 0.3) is 0 Å². The van der Waals surface area contributed by atoms with Crippen molar-refractivity contribution in [3.63, 3.8) is 0 Å². The van der Waals surface area contributed by atoms with E-state index >= 15 is 0 Å². The second kappa shape index (κ2) is 5.12. The third-order valence-corrected chi connectivity index (χ3v) is 3.01. The average Bonchev–Trinajstić information content (AvgIpc) is 2.75. The van der Waals surface area contributed by atoms with Crippen LogP contribution in [-0.2, 0) is 0 Å². The van der Waals surface area contributed by atoms with Gasteiger partial charge >= 0.3 is 0 Å². The van der Waals surface area contributed by atoms with Crippen LogP contribution in [0.3, 0.4) is 0 Å². The van der Waals surface area contributed by atoms with Crippen molar-refractivity contribution in [3.05, 3.63) is 51.3 Å². The van der Waals surface area contributed by atoms with Crippen molar-refractivity contribution in [1.82, 2.24) is 0 Å². The highest BCUT2D eigenvalue weighted by Crippen LogP contribution is 2.33. The fourth-order valence-corrected chi connectivity index (χ4v) is 2.05. The number of aliphatic hydroxyl groups is 1. The molecule has 90 valence electrons. The molecule has 17 heavy (non-hydrogen) atoms. The van der Waals surface area contributed by atoms with Gasteiger partial charge in [-0.1, -0.05) is 11.6 Å². The first-order valence-corrected chi connectivity index (χ1v) is 6.05. The Morgan fingerprint density at radius 1 is 1.35 bits per heavy atom. The Morgan fingerprint density at radius 3 is 2.71 bits per heavy atom. The minimum Gasteiger partial charge on any atom is -0.496 e. The lowest BCUT2D eigenvalue weighted by Gasteiger charge is -2.13. The van der Waals surface area contributed by atoms with Crippen molar-refractivity contribution in [3.8, 4) is 5.75 Å². The minimum absolute atomic E-state index is 0.428. The summed E-state index contributed by atoms with van der Waals surface area (Å²) in [5, 5.41) is 10.7. The van der Waals surface area contributed by atoms with Crippen LogP contribution in [0.4, 0.5) is 0 Å². The summed E-state index contributed by atoms with van der Waals surface area (Å²) >= 11 is 9.09. The monoisotopic (exact) mass is 316 g/mol. The van der Waals surface area contributed by atoms with E-state index in [0.717, 1.165) is 0 Å². The van der Waals surface area contributed by atoms with Crippen molar-refractivity contribution >= 4 is 27.5 Å². The summed E-state index contributed by atoms with van der Waals surface area (Å²) in [4.78, 5) is 0. The van der Waals surface area contributed by atoms with Gasteiger partial charge in [-0.15, -0.1) is 0 Å². The quantitative estimate of drug-likeness (QED) is 0.936. The molecule has 2 rings (SSSR count). The molecule has 0 amide bonds. The maximum Gasteiger partial charge on any atom is 0.169 e. The van der Waals surface area contributed by atoms with E-state index in [-0.39, 0.29) is 0 Å². The smallest absolute Gasteiger partial charge is 0.169 e. The number of furan rings is 1. The number of rotatable bonds is 3. The van der Waals surface area contributed by atoms with E-state index in [1.165, 1.54) is 7.11 Å². The van der Waals surface area contributed by atoms with E-state index in [1.807, 2.05) is 0 Å². The summed E-state index contributed by atoms with van der Waals surface area (Å²) in [5.41, 5.74) is 0.571. The third kappa shape index (κ3) is 2.65. The van der Waals surface area contributed by atoms with Crippen LogP contribution in [0.5, 0.6) is 5.75 Å². The molecule has 0 aliphatic carbocycles. The Balaban J connectivity index is 2.42. The minimum atomic E-state index is -0.907. The number of hydrogen-bond donors (Lipinski definition) is 1. The summed E-state index contributed by atoms with van der Waals surface area (Å²) < 4.78 is 11.0. The molecule has 1 aromatic heterocycles. The molecule has 0 radical (unpaired) electrons. The molecule has 1 unspecified atom stereocenters. The topological polar surface area (TPSA) is 42.6 Å². The first-order valence-electron chi connectivity index (χ1n) is 4.88. The van der Waals surface area contributed by atoms with Gasteiger partial charge in [0, 0.05) is 10.6 Å². The fraction of sp³-hybridized carbons (Fsp3) is 0.167. The predicted octanol–water partition coefficient (Wildman–Crippen LogP) is 3.79. The van der Waals surface area contributed by atoms with Gasteiger partial charge in [0.1, 0.15) is 17.6 Å². The normalized spacial score (nSPS) is 12.5. The Kier molecular flexibility index (Phi) is 3.76. The summed E-state index contributed by atoms with van der Waals surface area (Å²) in [6.07, 6.45) is -0.907. The lowest BCUT2D eigenvalue weighted by Crippen LogP contribution is -2.01. The molecule has 0 spiro atoms. The molecule has 0 aliphatic heterocycles. The van der Waals surface area contributed by atoms with Crippen molar-refractivity contribution < 1.29 is 14.3 Å². The van der Waals surface area contributed by atoms with Gasteiger partial charge in [0.05, 0.1) is 7.11 Å². The van der Waals surface area contributed by atoms with Crippen molar-refractivity contribution in [1.29, 1.82) is 0 Å². The molecule has 0 saturated carbocycles. The van der Waals surface area contributed by atoms with E-state index < -0.39 is 6.10 Å². The number of benzene rings is 1. The average molecular weight is 318 g/mol. The molecule has 1 N–H and O–H groups in total. The number of hydrogen-bond acceptors (Lipinski definition) is 3. The van der Waals surface area contributed by atoms with Gasteiger partial charge in [0.2, 0.25) is 0 Å². The van der Waals surface area contributed by atoms with E-state index in [2.05, 4.69) is 15.9 Å². The molecule has 0 fully saturated rings. The molecule has 2 aromatic rings. The van der Waals surface area contributed by atoms with Crippen molar-refractivity contribution in [2.75, 3.05) is 7.11 Å². The predicted molar refractivity (Wildman–Crippen MR) is 68.5 cm³/mol. The van der Waals surface area contributed by atoms with E-state index in [1.54, 1.807) is 30.3 Å². The zero-order valence-corrected chi connectivity index (χ0v) is 11.3. The molecular formula is C12H10BrClO3. The van der Waals surface area contributed by atoms with Crippen LogP contribution in [0.15, 0.2) is 39.4 Å². The molecule has 1 heterocycles. The van der Waals surface area contributed by atoms with Gasteiger partial charge in [-0.2, -0.15) is 0 Å². The lowest BCUT2D eigenvalue weighted by molar-refractivity contribution is 0.183. The zero-order chi connectivity index (χ0) is 12.4. The summed E-state index contributed by atoms with van der Waals surface area (Å²) in [6.45, 7) is 0. The molecular weight excluding hydrogens is 307 g/mol. The van der Waals surface area contributed by atoms with Gasteiger partial charge in [0.15, 0.2) is 4.67 Å². The number of methoxy groups -OCH3 is 1. The lowest BCUT2D eigenvalue weighted by atomic mass is 10.1. The largest absolute Gasteiger partial charge is 0.496 e. The standard InChI is InChI=1S/C12H10BrClO3/c1-16-9-3-2-7(14)6-8(9)12(15)10-4-5-11(13)17-10/h2-6,12,15H,1H3. The van der Waals surface area contributed by atoms with E-state index in [0.29, 0.717) is 26.8 Å². The van der Waals surface area contributed by atoms with Crippen LogP contribution < -0.4 is 4.74 Å². The summed E-state index contributed by atoms with van der Waals surface area (Å²) in [6, 6.07) is 8.47. The number of aliphatic hydroxyl groups excluding tert-OH is 1. The molecule has 5 heteroatoms. The SMILES string of the molecule is COc1ccc(Cl)cc1C(O)c1ccc(Br)o1. The second-order valence-corrected chi connectivity index (χ2v) is 4.65. The third-order valence-electron chi connectivity index (χ3n) is 2.35. The molecule has 0 saturated heterocycles. The highest BCUT2D eigenvalue weighted by atomic mass is 79.9. The van der Waals surface area contributed by atoms with Gasteiger partial charge in [-0.3, -0.25) is 0 Å². The second-order valence-electron chi connectivity index (χ2n) is 3.43. The maximum absolute atomic E-state index is 10.2. The Morgan fingerprint density at radius 2 is 2.12 bits per heavy atom. The molecule has 0 bridgehead atoms. The number of halogens is 2. The van der Waals surface area contributed by atoms with Crippen LogP contribution >= 0.6 is 27.5 Å². The maximum atomic E-state index is 10.2. The fourth-order valence-electron chi connectivity index (χ4n) is 1.55. The van der Waals surface area contributed by atoms with E-state index in [4.69, 9.17) is 20.8 Å². The van der Waals surface area contributed by atoms with Crippen LogP contribution in [0.1, 0.15) is 17.4 Å². The van der Waals surface area contributed by atoms with Gasteiger partial charge in [-0.25, -0.2) is 0 Å². The van der Waals surface area contributed by atoms with Crippen LogP contribution in [-0.4, -0.2) is 12.2 Å². The highest BCUT2D eigenvalue weighted by molar-refractivity contribution is 9.10. The molecule has 0 aliphatic rings. The van der Waals surface area contributed by atoms with Crippen molar-refractivity contribution in [2.24, 2.45) is 0 Å². The highest BCUT2D eigenvalue weighted by Gasteiger charge is 2.19. The molecule has 1 aromatic carbocycles. The van der Waals surface area contributed by atoms with Crippen LogP contribution in [0, 0.1) is 0 Å². The van der Waals surface area contributed by atoms with E-state index in [9.17, 15) is 5.11 Å². The van der Waals surface area contributed by atoms with Crippen molar-refractivity contribution in [2.45, 2.75) is 6.10 Å². The Hall–Kier alpha value is -0.970. The first-order chi connectivity index (χ1) is 8.11. The molecule has 1 atom stereocenters. The van der Waals surface area contributed by atoms with Gasteiger partial charge in [-0.05, 0) is 46.3 Å². The first kappa shape index (κ1) is 12.5. The van der Waals surface area contributed by atoms with Crippen LogP contribution in [0.2, 0.25) is 5.02 Å². The Labute approximate surface area is 112 Å². The zero-order valence-electron chi connectivity index (χ0n) is 8.98. The summed E-state index contributed by atoms with van der Waals surface area (Å²) in [5.74, 6) is 0.992. The summed E-state index contributed by atoms with van der Waals surface area (Å²) in [7, 11) is 1.54. The molecule has 3 nitrogen and oxygen atoms in total. The van der Waals surface area contributed by atoms with Crippen LogP contribution in [0.25, 0.3) is 0 Å². The number of ether oxygens (including phenoxy) is 1.